The Hall–Kier alpha value is -1.46. The zero-order chi connectivity index (χ0) is 12.0. The van der Waals surface area contributed by atoms with E-state index in [1.54, 1.807) is 12.1 Å². The second kappa shape index (κ2) is 6.19. The third-order valence-corrected chi connectivity index (χ3v) is 2.42. The number of aliphatic hydroxyl groups is 1. The molecule has 0 aliphatic rings. The first-order chi connectivity index (χ1) is 7.67. The van der Waals surface area contributed by atoms with Crippen molar-refractivity contribution in [2.24, 2.45) is 0 Å². The molecule has 1 aromatic rings. The van der Waals surface area contributed by atoms with Crippen LogP contribution in [0.3, 0.4) is 0 Å². The van der Waals surface area contributed by atoms with Gasteiger partial charge in [-0.2, -0.15) is 0 Å². The minimum atomic E-state index is -0.408. The van der Waals surface area contributed by atoms with Gasteiger partial charge in [0.15, 0.2) is 0 Å². The second-order valence-corrected chi connectivity index (χ2v) is 3.52. The molecule has 5 heteroatoms. The quantitative estimate of drug-likeness (QED) is 0.586. The normalized spacial score (nSPS) is 10.7. The van der Waals surface area contributed by atoms with Gasteiger partial charge in [0, 0.05) is 25.2 Å². The lowest BCUT2D eigenvalue weighted by atomic mass is 10.2. The smallest absolute Gasteiger partial charge is 0.269 e. The molecule has 88 valence electrons. The SMILES string of the molecule is CCN(CCO)Cc1ccc([N+](=O)[O-])cc1. The van der Waals surface area contributed by atoms with Crippen LogP contribution in [0.5, 0.6) is 0 Å². The minimum Gasteiger partial charge on any atom is -0.395 e. The van der Waals surface area contributed by atoms with Crippen LogP contribution in [0.2, 0.25) is 0 Å². The van der Waals surface area contributed by atoms with Crippen LogP contribution in [-0.2, 0) is 6.54 Å². The average molecular weight is 224 g/mol. The molecule has 0 aromatic heterocycles. The number of hydrogen-bond donors (Lipinski definition) is 1. The molecule has 0 bridgehead atoms. The Kier molecular flexibility index (Phi) is 4.88. The molecule has 0 atom stereocenters. The van der Waals surface area contributed by atoms with E-state index >= 15 is 0 Å². The van der Waals surface area contributed by atoms with Crippen molar-refractivity contribution in [3.05, 3.63) is 39.9 Å². The van der Waals surface area contributed by atoms with E-state index in [2.05, 4.69) is 4.90 Å². The summed E-state index contributed by atoms with van der Waals surface area (Å²) in [5.41, 5.74) is 1.12. The molecule has 5 nitrogen and oxygen atoms in total. The number of rotatable bonds is 6. The summed E-state index contributed by atoms with van der Waals surface area (Å²) in [5.74, 6) is 0. The number of nitrogens with zero attached hydrogens (tertiary/aromatic N) is 2. The van der Waals surface area contributed by atoms with Gasteiger partial charge in [-0.1, -0.05) is 19.1 Å². The van der Waals surface area contributed by atoms with Crippen molar-refractivity contribution in [2.75, 3.05) is 19.7 Å². The van der Waals surface area contributed by atoms with Crippen LogP contribution < -0.4 is 0 Å². The van der Waals surface area contributed by atoms with Gasteiger partial charge in [-0.15, -0.1) is 0 Å². The van der Waals surface area contributed by atoms with Crippen LogP contribution in [0.25, 0.3) is 0 Å². The van der Waals surface area contributed by atoms with Gasteiger partial charge in [0.1, 0.15) is 0 Å². The van der Waals surface area contributed by atoms with Gasteiger partial charge in [0.2, 0.25) is 0 Å². The Morgan fingerprint density at radius 3 is 2.44 bits per heavy atom. The molecule has 0 spiro atoms. The maximum atomic E-state index is 10.5. The van der Waals surface area contributed by atoms with E-state index in [1.165, 1.54) is 12.1 Å². The predicted molar refractivity (Wildman–Crippen MR) is 61.1 cm³/mol. The van der Waals surface area contributed by atoms with Crippen molar-refractivity contribution in [1.82, 2.24) is 4.90 Å². The third kappa shape index (κ3) is 3.60. The molecule has 16 heavy (non-hydrogen) atoms. The highest BCUT2D eigenvalue weighted by atomic mass is 16.6. The molecular weight excluding hydrogens is 208 g/mol. The van der Waals surface area contributed by atoms with Crippen molar-refractivity contribution >= 4 is 5.69 Å². The molecule has 1 N–H and O–H groups in total. The zero-order valence-electron chi connectivity index (χ0n) is 9.30. The summed E-state index contributed by atoms with van der Waals surface area (Å²) in [4.78, 5) is 12.1. The standard InChI is InChI=1S/C11H16N2O3/c1-2-12(7-8-14)9-10-3-5-11(6-4-10)13(15)16/h3-6,14H,2,7-9H2,1H3. The van der Waals surface area contributed by atoms with Gasteiger partial charge in [-0.05, 0) is 12.1 Å². The highest BCUT2D eigenvalue weighted by molar-refractivity contribution is 5.32. The van der Waals surface area contributed by atoms with Crippen molar-refractivity contribution in [2.45, 2.75) is 13.5 Å². The molecule has 0 unspecified atom stereocenters. The average Bonchev–Trinajstić information content (AvgIpc) is 2.29. The fourth-order valence-electron chi connectivity index (χ4n) is 1.47. The van der Waals surface area contributed by atoms with Gasteiger partial charge in [0.25, 0.3) is 5.69 Å². The predicted octanol–water partition coefficient (Wildman–Crippen LogP) is 1.41. The summed E-state index contributed by atoms with van der Waals surface area (Å²) in [6, 6.07) is 6.50. The molecule has 0 aliphatic heterocycles. The lowest BCUT2D eigenvalue weighted by Crippen LogP contribution is -2.25. The van der Waals surface area contributed by atoms with Crippen LogP contribution in [0.1, 0.15) is 12.5 Å². The van der Waals surface area contributed by atoms with E-state index < -0.39 is 4.92 Å². The monoisotopic (exact) mass is 224 g/mol. The van der Waals surface area contributed by atoms with Crippen molar-refractivity contribution in [3.8, 4) is 0 Å². The first-order valence-corrected chi connectivity index (χ1v) is 5.24. The van der Waals surface area contributed by atoms with E-state index in [0.29, 0.717) is 13.1 Å². The highest BCUT2D eigenvalue weighted by Crippen LogP contribution is 2.13. The molecule has 0 saturated heterocycles. The van der Waals surface area contributed by atoms with Gasteiger partial charge in [-0.25, -0.2) is 0 Å². The number of nitro benzene ring substituents is 1. The van der Waals surface area contributed by atoms with Gasteiger partial charge in [-0.3, -0.25) is 15.0 Å². The molecule has 0 heterocycles. The van der Waals surface area contributed by atoms with Crippen LogP contribution in [0.15, 0.2) is 24.3 Å². The molecule has 1 aromatic carbocycles. The molecule has 0 radical (unpaired) electrons. The van der Waals surface area contributed by atoms with Crippen molar-refractivity contribution in [1.29, 1.82) is 0 Å². The molecule has 0 amide bonds. The maximum absolute atomic E-state index is 10.5. The van der Waals surface area contributed by atoms with E-state index in [-0.39, 0.29) is 12.3 Å². The topological polar surface area (TPSA) is 66.6 Å². The first kappa shape index (κ1) is 12.6. The fraction of sp³-hybridized carbons (Fsp3) is 0.455. The summed E-state index contributed by atoms with van der Waals surface area (Å²) < 4.78 is 0. The first-order valence-electron chi connectivity index (χ1n) is 5.24. The molecular formula is C11H16N2O3. The Bertz CT molecular complexity index is 338. The maximum Gasteiger partial charge on any atom is 0.269 e. The summed E-state index contributed by atoms with van der Waals surface area (Å²) >= 11 is 0. The Morgan fingerprint density at radius 2 is 2.00 bits per heavy atom. The lowest BCUT2D eigenvalue weighted by molar-refractivity contribution is -0.384. The van der Waals surface area contributed by atoms with Crippen LogP contribution >= 0.6 is 0 Å². The van der Waals surface area contributed by atoms with Crippen LogP contribution in [-0.4, -0.2) is 34.6 Å². The van der Waals surface area contributed by atoms with Crippen LogP contribution in [0, 0.1) is 10.1 Å². The zero-order valence-corrected chi connectivity index (χ0v) is 9.30. The highest BCUT2D eigenvalue weighted by Gasteiger charge is 2.06. The Balaban J connectivity index is 2.63. The number of benzene rings is 1. The number of aliphatic hydroxyl groups excluding tert-OH is 1. The van der Waals surface area contributed by atoms with Crippen molar-refractivity contribution < 1.29 is 10.0 Å². The number of nitro groups is 1. The fourth-order valence-corrected chi connectivity index (χ4v) is 1.47. The van der Waals surface area contributed by atoms with Gasteiger partial charge < -0.3 is 5.11 Å². The summed E-state index contributed by atoms with van der Waals surface area (Å²) in [6.45, 7) is 4.31. The number of non-ortho nitro benzene ring substituents is 1. The molecule has 0 aliphatic carbocycles. The summed E-state index contributed by atoms with van der Waals surface area (Å²) in [6.07, 6.45) is 0. The number of likely N-dealkylation sites (N-methyl/N-ethyl adjacent to an activating group) is 1. The Labute approximate surface area is 94.5 Å². The number of hydrogen-bond acceptors (Lipinski definition) is 4. The Morgan fingerprint density at radius 1 is 1.38 bits per heavy atom. The second-order valence-electron chi connectivity index (χ2n) is 3.52. The van der Waals surface area contributed by atoms with E-state index in [4.69, 9.17) is 5.11 Å². The molecule has 0 fully saturated rings. The van der Waals surface area contributed by atoms with Crippen molar-refractivity contribution in [3.63, 3.8) is 0 Å². The van der Waals surface area contributed by atoms with Crippen LogP contribution in [0.4, 0.5) is 5.69 Å². The lowest BCUT2D eigenvalue weighted by Gasteiger charge is -2.18. The third-order valence-electron chi connectivity index (χ3n) is 2.42. The van der Waals surface area contributed by atoms with Gasteiger partial charge >= 0.3 is 0 Å². The largest absolute Gasteiger partial charge is 0.395 e. The van der Waals surface area contributed by atoms with E-state index in [1.807, 2.05) is 6.92 Å². The summed E-state index contributed by atoms with van der Waals surface area (Å²) in [7, 11) is 0. The molecule has 0 saturated carbocycles. The summed E-state index contributed by atoms with van der Waals surface area (Å²) in [5, 5.41) is 19.3. The minimum absolute atomic E-state index is 0.106. The molecule has 1 rings (SSSR count). The van der Waals surface area contributed by atoms with E-state index in [9.17, 15) is 10.1 Å². The van der Waals surface area contributed by atoms with E-state index in [0.717, 1.165) is 12.1 Å². The van der Waals surface area contributed by atoms with Gasteiger partial charge in [0.05, 0.1) is 11.5 Å².